The molecule has 2 N–H and O–H groups in total. The van der Waals surface area contributed by atoms with Crippen molar-refractivity contribution in [2.45, 2.75) is 19.4 Å². The third-order valence-electron chi connectivity index (χ3n) is 5.39. The highest BCUT2D eigenvalue weighted by Crippen LogP contribution is 2.58. The zero-order valence-corrected chi connectivity index (χ0v) is 14.5. The minimum atomic E-state index is -0.0518. The molecule has 1 spiro atoms. The number of likely N-dealkylation sites (tertiary alicyclic amines) is 1. The van der Waals surface area contributed by atoms with E-state index in [9.17, 15) is 9.59 Å². The number of nitrogens with one attached hydrogen (secondary N) is 2. The molecule has 2 aromatic rings. The number of rotatable bonds is 4. The van der Waals surface area contributed by atoms with Gasteiger partial charge in [-0.15, -0.1) is 0 Å². The SMILES string of the molecule is O=C(Nc1cccnc1)[C@H]1C[C@@]12CCN(C(=O)NCc1ccccc1)C2. The van der Waals surface area contributed by atoms with E-state index in [1.807, 2.05) is 41.3 Å². The van der Waals surface area contributed by atoms with Crippen LogP contribution in [0.1, 0.15) is 18.4 Å². The number of carbonyl (C=O) groups is 2. The van der Waals surface area contributed by atoms with E-state index in [0.717, 1.165) is 24.1 Å². The predicted molar refractivity (Wildman–Crippen MR) is 98.3 cm³/mol. The molecule has 6 heteroatoms. The van der Waals surface area contributed by atoms with Crippen LogP contribution in [0.3, 0.4) is 0 Å². The van der Waals surface area contributed by atoms with Crippen molar-refractivity contribution < 1.29 is 9.59 Å². The molecular formula is C20H22N4O2. The summed E-state index contributed by atoms with van der Waals surface area (Å²) in [6.07, 6.45) is 5.06. The summed E-state index contributed by atoms with van der Waals surface area (Å²) in [4.78, 5) is 30.7. The van der Waals surface area contributed by atoms with Crippen LogP contribution in [0.15, 0.2) is 54.9 Å². The molecule has 1 aromatic carbocycles. The minimum absolute atomic E-state index is 0.0189. The summed E-state index contributed by atoms with van der Waals surface area (Å²) in [7, 11) is 0. The molecule has 0 bridgehead atoms. The van der Waals surface area contributed by atoms with Crippen LogP contribution in [-0.2, 0) is 11.3 Å². The topological polar surface area (TPSA) is 74.3 Å². The fourth-order valence-corrected chi connectivity index (χ4v) is 3.79. The number of carbonyl (C=O) groups excluding carboxylic acids is 2. The zero-order valence-electron chi connectivity index (χ0n) is 14.5. The molecule has 26 heavy (non-hydrogen) atoms. The van der Waals surface area contributed by atoms with Gasteiger partial charge in [-0.1, -0.05) is 30.3 Å². The Balaban J connectivity index is 1.28. The van der Waals surface area contributed by atoms with Crippen molar-refractivity contribution in [3.8, 4) is 0 Å². The van der Waals surface area contributed by atoms with Crippen molar-refractivity contribution in [2.75, 3.05) is 18.4 Å². The minimum Gasteiger partial charge on any atom is -0.334 e. The van der Waals surface area contributed by atoms with E-state index in [-0.39, 0.29) is 23.3 Å². The van der Waals surface area contributed by atoms with Crippen LogP contribution >= 0.6 is 0 Å². The van der Waals surface area contributed by atoms with Gasteiger partial charge in [0.15, 0.2) is 0 Å². The monoisotopic (exact) mass is 350 g/mol. The summed E-state index contributed by atoms with van der Waals surface area (Å²) in [6.45, 7) is 1.88. The van der Waals surface area contributed by atoms with Gasteiger partial charge >= 0.3 is 6.03 Å². The number of anilines is 1. The molecule has 6 nitrogen and oxygen atoms in total. The van der Waals surface area contributed by atoms with E-state index in [2.05, 4.69) is 15.6 Å². The maximum absolute atomic E-state index is 12.5. The first-order valence-electron chi connectivity index (χ1n) is 8.94. The second-order valence-electron chi connectivity index (χ2n) is 7.17. The Morgan fingerprint density at radius 3 is 2.81 bits per heavy atom. The van der Waals surface area contributed by atoms with Crippen LogP contribution in [0.5, 0.6) is 0 Å². The standard InChI is InChI=1S/C20H22N4O2/c25-18(23-16-7-4-9-21-13-16)17-11-20(17)8-10-24(14-20)19(26)22-12-15-5-2-1-3-6-15/h1-7,9,13,17H,8,10-12,14H2,(H,22,26)(H,23,25)/t17-,20-/m1/s1. The molecule has 1 aliphatic heterocycles. The Morgan fingerprint density at radius 1 is 1.19 bits per heavy atom. The van der Waals surface area contributed by atoms with E-state index in [1.165, 1.54) is 0 Å². The number of amides is 3. The van der Waals surface area contributed by atoms with Crippen molar-refractivity contribution in [1.82, 2.24) is 15.2 Å². The lowest BCUT2D eigenvalue weighted by atomic mass is 10.0. The summed E-state index contributed by atoms with van der Waals surface area (Å²) in [5.41, 5.74) is 1.75. The number of urea groups is 1. The Morgan fingerprint density at radius 2 is 2.04 bits per heavy atom. The first-order chi connectivity index (χ1) is 12.7. The highest BCUT2D eigenvalue weighted by Gasteiger charge is 2.61. The van der Waals surface area contributed by atoms with Crippen molar-refractivity contribution in [3.05, 3.63) is 60.4 Å². The summed E-state index contributed by atoms with van der Waals surface area (Å²) < 4.78 is 0. The maximum Gasteiger partial charge on any atom is 0.317 e. The van der Waals surface area contributed by atoms with Crippen molar-refractivity contribution in [2.24, 2.45) is 11.3 Å². The average molecular weight is 350 g/mol. The van der Waals surface area contributed by atoms with Crippen LogP contribution in [0.4, 0.5) is 10.5 Å². The van der Waals surface area contributed by atoms with E-state index in [1.54, 1.807) is 18.5 Å². The first-order valence-corrected chi connectivity index (χ1v) is 8.94. The lowest BCUT2D eigenvalue weighted by Gasteiger charge is -2.17. The molecule has 2 atom stereocenters. The fourth-order valence-electron chi connectivity index (χ4n) is 3.79. The van der Waals surface area contributed by atoms with Gasteiger partial charge in [0.1, 0.15) is 0 Å². The van der Waals surface area contributed by atoms with Gasteiger partial charge in [0.05, 0.1) is 11.9 Å². The quantitative estimate of drug-likeness (QED) is 0.890. The lowest BCUT2D eigenvalue weighted by molar-refractivity contribution is -0.118. The van der Waals surface area contributed by atoms with Gasteiger partial charge in [-0.05, 0) is 30.5 Å². The molecule has 2 heterocycles. The number of hydrogen-bond acceptors (Lipinski definition) is 3. The third kappa shape index (κ3) is 3.40. The highest BCUT2D eigenvalue weighted by atomic mass is 16.2. The molecule has 1 aromatic heterocycles. The van der Waals surface area contributed by atoms with E-state index >= 15 is 0 Å². The van der Waals surface area contributed by atoms with Gasteiger partial charge < -0.3 is 15.5 Å². The van der Waals surface area contributed by atoms with Gasteiger partial charge in [-0.2, -0.15) is 0 Å². The highest BCUT2D eigenvalue weighted by molar-refractivity contribution is 5.95. The van der Waals surface area contributed by atoms with Crippen LogP contribution < -0.4 is 10.6 Å². The largest absolute Gasteiger partial charge is 0.334 e. The number of aromatic nitrogens is 1. The van der Waals surface area contributed by atoms with Gasteiger partial charge in [0, 0.05) is 37.2 Å². The summed E-state index contributed by atoms with van der Waals surface area (Å²) in [5.74, 6) is 0.0131. The van der Waals surface area contributed by atoms with Crippen LogP contribution in [0.2, 0.25) is 0 Å². The van der Waals surface area contributed by atoms with Crippen LogP contribution in [0, 0.1) is 11.3 Å². The van der Waals surface area contributed by atoms with E-state index in [0.29, 0.717) is 19.6 Å². The Kier molecular flexibility index (Phi) is 4.32. The molecule has 2 fully saturated rings. The molecule has 4 rings (SSSR count). The van der Waals surface area contributed by atoms with Gasteiger partial charge in [-0.25, -0.2) is 4.79 Å². The third-order valence-corrected chi connectivity index (χ3v) is 5.39. The molecule has 2 aliphatic rings. The molecule has 0 radical (unpaired) electrons. The molecule has 1 saturated heterocycles. The number of benzene rings is 1. The van der Waals surface area contributed by atoms with E-state index in [4.69, 9.17) is 0 Å². The second-order valence-corrected chi connectivity index (χ2v) is 7.17. The molecular weight excluding hydrogens is 328 g/mol. The zero-order chi connectivity index (χ0) is 18.0. The summed E-state index contributed by atoms with van der Waals surface area (Å²) in [5, 5.41) is 5.89. The number of hydrogen-bond donors (Lipinski definition) is 2. The van der Waals surface area contributed by atoms with Gasteiger partial charge in [-0.3, -0.25) is 9.78 Å². The normalized spacial score (nSPS) is 23.7. The predicted octanol–water partition coefficient (Wildman–Crippen LogP) is 2.64. The molecule has 0 unspecified atom stereocenters. The summed E-state index contributed by atoms with van der Waals surface area (Å²) in [6, 6.07) is 13.4. The average Bonchev–Trinajstić information content (AvgIpc) is 3.21. The number of pyridine rings is 1. The van der Waals surface area contributed by atoms with E-state index < -0.39 is 0 Å². The fraction of sp³-hybridized carbons (Fsp3) is 0.350. The Hall–Kier alpha value is -2.89. The lowest BCUT2D eigenvalue weighted by Crippen LogP contribution is -2.38. The van der Waals surface area contributed by atoms with Crippen LogP contribution in [0.25, 0.3) is 0 Å². The smallest absolute Gasteiger partial charge is 0.317 e. The second kappa shape index (κ2) is 6.78. The summed E-state index contributed by atoms with van der Waals surface area (Å²) >= 11 is 0. The van der Waals surface area contributed by atoms with Gasteiger partial charge in [0.25, 0.3) is 0 Å². The van der Waals surface area contributed by atoms with Crippen LogP contribution in [-0.4, -0.2) is 34.9 Å². The van der Waals surface area contributed by atoms with Crippen molar-refractivity contribution in [1.29, 1.82) is 0 Å². The molecule has 1 aliphatic carbocycles. The Bertz CT molecular complexity index is 796. The molecule has 3 amide bonds. The maximum atomic E-state index is 12.5. The molecule has 134 valence electrons. The Labute approximate surface area is 152 Å². The first kappa shape index (κ1) is 16.6. The molecule has 1 saturated carbocycles. The van der Waals surface area contributed by atoms with Crippen molar-refractivity contribution in [3.63, 3.8) is 0 Å². The van der Waals surface area contributed by atoms with Gasteiger partial charge in [0.2, 0.25) is 5.91 Å². The van der Waals surface area contributed by atoms with Crippen molar-refractivity contribution >= 4 is 17.6 Å². The number of nitrogens with zero attached hydrogens (tertiary/aromatic N) is 2.